The second-order valence-corrected chi connectivity index (χ2v) is 4.43. The Morgan fingerprint density at radius 3 is 2.79 bits per heavy atom. The summed E-state index contributed by atoms with van der Waals surface area (Å²) >= 11 is 0. The van der Waals surface area contributed by atoms with Gasteiger partial charge in [-0.25, -0.2) is 0 Å². The molecule has 0 heterocycles. The standard InChI is InChI=1S/C13H18O/c1-3-6-11-9-13(11,14)12-8-5-4-7-10(12)2/h4-5,7-8,11,14H,3,6,9H2,1-2H3. The molecule has 1 nitrogen and oxygen atoms in total. The molecule has 0 radical (unpaired) electrons. The van der Waals surface area contributed by atoms with Gasteiger partial charge in [-0.15, -0.1) is 0 Å². The van der Waals surface area contributed by atoms with Crippen LogP contribution in [0.3, 0.4) is 0 Å². The third-order valence-corrected chi connectivity index (χ3v) is 3.32. The third kappa shape index (κ3) is 1.46. The molecule has 0 bridgehead atoms. The van der Waals surface area contributed by atoms with Gasteiger partial charge in [-0.05, 0) is 36.8 Å². The molecule has 2 rings (SSSR count). The van der Waals surface area contributed by atoms with Crippen molar-refractivity contribution in [2.75, 3.05) is 0 Å². The molecule has 1 aromatic carbocycles. The maximum Gasteiger partial charge on any atom is 0.0932 e. The van der Waals surface area contributed by atoms with E-state index in [0.29, 0.717) is 5.92 Å². The van der Waals surface area contributed by atoms with Gasteiger partial charge in [0.1, 0.15) is 0 Å². The van der Waals surface area contributed by atoms with Gasteiger partial charge in [0, 0.05) is 0 Å². The molecule has 0 amide bonds. The highest BCUT2D eigenvalue weighted by Crippen LogP contribution is 2.54. The smallest absolute Gasteiger partial charge is 0.0932 e. The molecule has 1 aliphatic carbocycles. The molecule has 1 fully saturated rings. The van der Waals surface area contributed by atoms with Gasteiger partial charge in [0.25, 0.3) is 0 Å². The Balaban J connectivity index is 2.21. The summed E-state index contributed by atoms with van der Waals surface area (Å²) in [7, 11) is 0. The first kappa shape index (κ1) is 9.72. The number of hydrogen-bond acceptors (Lipinski definition) is 1. The van der Waals surface area contributed by atoms with Crippen molar-refractivity contribution in [1.29, 1.82) is 0 Å². The number of benzene rings is 1. The van der Waals surface area contributed by atoms with Crippen LogP contribution in [-0.4, -0.2) is 5.11 Å². The highest BCUT2D eigenvalue weighted by Gasteiger charge is 2.53. The van der Waals surface area contributed by atoms with E-state index in [2.05, 4.69) is 26.0 Å². The van der Waals surface area contributed by atoms with Crippen LogP contribution in [0.25, 0.3) is 0 Å². The predicted molar refractivity (Wildman–Crippen MR) is 58.1 cm³/mol. The molecule has 0 spiro atoms. The Hall–Kier alpha value is -0.820. The lowest BCUT2D eigenvalue weighted by Gasteiger charge is -2.13. The van der Waals surface area contributed by atoms with Crippen molar-refractivity contribution in [3.8, 4) is 0 Å². The van der Waals surface area contributed by atoms with Crippen molar-refractivity contribution in [2.45, 2.75) is 38.7 Å². The Bertz CT molecular complexity index is 332. The van der Waals surface area contributed by atoms with E-state index in [0.717, 1.165) is 18.4 Å². The van der Waals surface area contributed by atoms with Gasteiger partial charge in [-0.1, -0.05) is 37.6 Å². The second kappa shape index (κ2) is 3.39. The first-order valence-corrected chi connectivity index (χ1v) is 5.47. The van der Waals surface area contributed by atoms with Crippen molar-refractivity contribution >= 4 is 0 Å². The van der Waals surface area contributed by atoms with Gasteiger partial charge in [0.2, 0.25) is 0 Å². The van der Waals surface area contributed by atoms with Gasteiger partial charge in [0.15, 0.2) is 0 Å². The van der Waals surface area contributed by atoms with Crippen molar-refractivity contribution in [3.63, 3.8) is 0 Å². The fraction of sp³-hybridized carbons (Fsp3) is 0.538. The number of hydrogen-bond donors (Lipinski definition) is 1. The van der Waals surface area contributed by atoms with Crippen molar-refractivity contribution in [1.82, 2.24) is 0 Å². The molecule has 76 valence electrons. The molecule has 1 saturated carbocycles. The summed E-state index contributed by atoms with van der Waals surface area (Å²) in [6.45, 7) is 4.26. The lowest BCUT2D eigenvalue weighted by Crippen LogP contribution is -2.10. The SMILES string of the molecule is CCCC1CC1(O)c1ccccc1C. The van der Waals surface area contributed by atoms with Gasteiger partial charge in [-0.2, -0.15) is 0 Å². The fourth-order valence-electron chi connectivity index (χ4n) is 2.39. The van der Waals surface area contributed by atoms with E-state index in [1.54, 1.807) is 0 Å². The minimum Gasteiger partial charge on any atom is -0.385 e. The summed E-state index contributed by atoms with van der Waals surface area (Å²) < 4.78 is 0. The summed E-state index contributed by atoms with van der Waals surface area (Å²) in [6.07, 6.45) is 3.26. The largest absolute Gasteiger partial charge is 0.385 e. The molecule has 1 heteroatoms. The zero-order valence-corrected chi connectivity index (χ0v) is 8.96. The lowest BCUT2D eigenvalue weighted by atomic mass is 9.99. The van der Waals surface area contributed by atoms with Gasteiger partial charge >= 0.3 is 0 Å². The topological polar surface area (TPSA) is 20.2 Å². The van der Waals surface area contributed by atoms with E-state index in [9.17, 15) is 5.11 Å². The Labute approximate surface area is 85.8 Å². The average molecular weight is 190 g/mol. The van der Waals surface area contributed by atoms with Crippen LogP contribution in [0.15, 0.2) is 24.3 Å². The van der Waals surface area contributed by atoms with Gasteiger partial charge in [0.05, 0.1) is 5.60 Å². The molecule has 2 atom stereocenters. The van der Waals surface area contributed by atoms with E-state index < -0.39 is 5.60 Å². The van der Waals surface area contributed by atoms with Crippen molar-refractivity contribution in [2.24, 2.45) is 5.92 Å². The highest BCUT2D eigenvalue weighted by molar-refractivity contribution is 5.36. The summed E-state index contributed by atoms with van der Waals surface area (Å²) in [4.78, 5) is 0. The molecule has 0 aliphatic heterocycles. The number of rotatable bonds is 3. The zero-order valence-electron chi connectivity index (χ0n) is 8.96. The summed E-state index contributed by atoms with van der Waals surface area (Å²) in [5.41, 5.74) is 1.86. The maximum absolute atomic E-state index is 10.4. The predicted octanol–water partition coefficient (Wildman–Crippen LogP) is 3.00. The van der Waals surface area contributed by atoms with E-state index in [1.165, 1.54) is 12.0 Å². The molecule has 0 saturated heterocycles. The highest BCUT2D eigenvalue weighted by atomic mass is 16.3. The van der Waals surface area contributed by atoms with E-state index in [4.69, 9.17) is 0 Å². The minimum absolute atomic E-state index is 0.494. The van der Waals surface area contributed by atoms with Crippen LogP contribution in [0, 0.1) is 12.8 Å². The van der Waals surface area contributed by atoms with Crippen LogP contribution in [-0.2, 0) is 5.60 Å². The van der Waals surface area contributed by atoms with Crippen LogP contribution < -0.4 is 0 Å². The molecule has 2 unspecified atom stereocenters. The van der Waals surface area contributed by atoms with Crippen LogP contribution in [0.4, 0.5) is 0 Å². The maximum atomic E-state index is 10.4. The van der Waals surface area contributed by atoms with Crippen molar-refractivity contribution < 1.29 is 5.11 Å². The first-order valence-electron chi connectivity index (χ1n) is 5.47. The van der Waals surface area contributed by atoms with Crippen molar-refractivity contribution in [3.05, 3.63) is 35.4 Å². The van der Waals surface area contributed by atoms with Gasteiger partial charge < -0.3 is 5.11 Å². The quantitative estimate of drug-likeness (QED) is 0.776. The molecule has 1 aliphatic rings. The Morgan fingerprint density at radius 1 is 1.43 bits per heavy atom. The summed E-state index contributed by atoms with van der Waals surface area (Å²) in [6, 6.07) is 8.18. The summed E-state index contributed by atoms with van der Waals surface area (Å²) in [5.74, 6) is 0.494. The van der Waals surface area contributed by atoms with Gasteiger partial charge in [-0.3, -0.25) is 0 Å². The second-order valence-electron chi connectivity index (χ2n) is 4.43. The Morgan fingerprint density at radius 2 is 2.14 bits per heavy atom. The third-order valence-electron chi connectivity index (χ3n) is 3.32. The molecule has 1 aromatic rings. The van der Waals surface area contributed by atoms with Crippen LogP contribution in [0.5, 0.6) is 0 Å². The monoisotopic (exact) mass is 190 g/mol. The number of aliphatic hydroxyl groups is 1. The van der Waals surface area contributed by atoms with E-state index in [-0.39, 0.29) is 0 Å². The molecule has 14 heavy (non-hydrogen) atoms. The Kier molecular flexibility index (Phi) is 2.36. The van der Waals surface area contributed by atoms with E-state index >= 15 is 0 Å². The normalized spacial score (nSPS) is 30.4. The molecule has 1 N–H and O–H groups in total. The van der Waals surface area contributed by atoms with Crippen LogP contribution >= 0.6 is 0 Å². The molecule has 0 aromatic heterocycles. The fourth-order valence-corrected chi connectivity index (χ4v) is 2.39. The average Bonchev–Trinajstić information content (AvgIpc) is 2.79. The van der Waals surface area contributed by atoms with Crippen LogP contribution in [0.2, 0.25) is 0 Å². The van der Waals surface area contributed by atoms with E-state index in [1.807, 2.05) is 12.1 Å². The lowest BCUT2D eigenvalue weighted by molar-refractivity contribution is 0.128. The summed E-state index contributed by atoms with van der Waals surface area (Å²) in [5, 5.41) is 10.4. The minimum atomic E-state index is -0.499. The van der Waals surface area contributed by atoms with Crippen LogP contribution in [0.1, 0.15) is 37.3 Å². The molecular weight excluding hydrogens is 172 g/mol. The zero-order chi connectivity index (χ0) is 10.2. The number of aryl methyl sites for hydroxylation is 1. The molecular formula is C13H18O. The first-order chi connectivity index (χ1) is 6.68.